The molecule has 0 bridgehead atoms. The summed E-state index contributed by atoms with van der Waals surface area (Å²) in [5, 5.41) is 17.6. The highest BCUT2D eigenvalue weighted by Crippen LogP contribution is 2.23. The zero-order chi connectivity index (χ0) is 15.2. The summed E-state index contributed by atoms with van der Waals surface area (Å²) in [4.78, 5) is 10.7. The van der Waals surface area contributed by atoms with E-state index in [2.05, 4.69) is 10.2 Å². The number of aliphatic carboxylic acids is 1. The standard InChI is InChI=1S/C14H17N3O3S/c1-3-12-15-16-14(21-9-13(18)19)17(12)11-6-4-5-10(7-11)8-20-2/h4-7H,3,8-9H2,1-2H3,(H,18,19). The number of carbonyl (C=O) groups is 1. The summed E-state index contributed by atoms with van der Waals surface area (Å²) in [5.41, 5.74) is 1.96. The molecule has 0 aliphatic heterocycles. The number of hydrogen-bond acceptors (Lipinski definition) is 5. The fourth-order valence-electron chi connectivity index (χ4n) is 1.96. The van der Waals surface area contributed by atoms with E-state index in [1.807, 2.05) is 35.8 Å². The monoisotopic (exact) mass is 307 g/mol. The third kappa shape index (κ3) is 3.83. The summed E-state index contributed by atoms with van der Waals surface area (Å²) in [5.74, 6) is -0.113. The largest absolute Gasteiger partial charge is 0.481 e. The minimum atomic E-state index is -0.874. The van der Waals surface area contributed by atoms with Gasteiger partial charge >= 0.3 is 5.97 Å². The van der Waals surface area contributed by atoms with Crippen molar-refractivity contribution in [2.45, 2.75) is 25.1 Å². The fourth-order valence-corrected chi connectivity index (χ4v) is 2.65. The van der Waals surface area contributed by atoms with Crippen molar-refractivity contribution in [1.82, 2.24) is 14.8 Å². The molecule has 21 heavy (non-hydrogen) atoms. The molecule has 1 N–H and O–H groups in total. The molecule has 2 aromatic rings. The van der Waals surface area contributed by atoms with E-state index in [1.165, 1.54) is 0 Å². The topological polar surface area (TPSA) is 77.2 Å². The first-order valence-corrected chi connectivity index (χ1v) is 7.51. The van der Waals surface area contributed by atoms with Gasteiger partial charge in [0, 0.05) is 19.2 Å². The van der Waals surface area contributed by atoms with Gasteiger partial charge in [-0.1, -0.05) is 30.8 Å². The van der Waals surface area contributed by atoms with E-state index in [-0.39, 0.29) is 5.75 Å². The molecule has 0 saturated heterocycles. The number of carboxylic acid groups (broad SMARTS) is 1. The van der Waals surface area contributed by atoms with Crippen LogP contribution in [0.15, 0.2) is 29.4 Å². The number of rotatable bonds is 7. The van der Waals surface area contributed by atoms with Crippen molar-refractivity contribution >= 4 is 17.7 Å². The second-order valence-corrected chi connectivity index (χ2v) is 5.32. The Hall–Kier alpha value is -1.86. The Labute approximate surface area is 127 Å². The van der Waals surface area contributed by atoms with Crippen LogP contribution in [0.3, 0.4) is 0 Å². The van der Waals surface area contributed by atoms with Crippen molar-refractivity contribution in [2.24, 2.45) is 0 Å². The first kappa shape index (κ1) is 15.5. The molecule has 0 aliphatic carbocycles. The Morgan fingerprint density at radius 1 is 1.43 bits per heavy atom. The highest BCUT2D eigenvalue weighted by molar-refractivity contribution is 7.99. The van der Waals surface area contributed by atoms with Crippen molar-refractivity contribution < 1.29 is 14.6 Å². The number of methoxy groups -OCH3 is 1. The summed E-state index contributed by atoms with van der Waals surface area (Å²) in [6.07, 6.45) is 0.717. The fraction of sp³-hybridized carbons (Fsp3) is 0.357. The highest BCUT2D eigenvalue weighted by atomic mass is 32.2. The zero-order valence-electron chi connectivity index (χ0n) is 11.9. The van der Waals surface area contributed by atoms with Crippen molar-refractivity contribution in [1.29, 1.82) is 0 Å². The van der Waals surface area contributed by atoms with Gasteiger partial charge in [0.25, 0.3) is 0 Å². The van der Waals surface area contributed by atoms with Crippen LogP contribution in [0, 0.1) is 0 Å². The molecule has 112 valence electrons. The van der Waals surface area contributed by atoms with E-state index in [4.69, 9.17) is 9.84 Å². The second-order valence-electron chi connectivity index (χ2n) is 4.37. The molecule has 7 heteroatoms. The van der Waals surface area contributed by atoms with Gasteiger partial charge in [-0.05, 0) is 17.7 Å². The van der Waals surface area contributed by atoms with Crippen molar-refractivity contribution in [3.8, 4) is 5.69 Å². The maximum atomic E-state index is 10.7. The van der Waals surface area contributed by atoms with Gasteiger partial charge in [-0.2, -0.15) is 0 Å². The molecule has 1 heterocycles. The molecule has 0 saturated carbocycles. The number of aromatic nitrogens is 3. The SMILES string of the molecule is CCc1nnc(SCC(=O)O)n1-c1cccc(COC)c1. The van der Waals surface area contributed by atoms with Gasteiger partial charge in [0.1, 0.15) is 5.82 Å². The lowest BCUT2D eigenvalue weighted by molar-refractivity contribution is -0.133. The van der Waals surface area contributed by atoms with Gasteiger partial charge in [-0.25, -0.2) is 0 Å². The van der Waals surface area contributed by atoms with E-state index in [1.54, 1.807) is 7.11 Å². The number of aryl methyl sites for hydroxylation is 1. The Kier molecular flexibility index (Phi) is 5.35. The minimum Gasteiger partial charge on any atom is -0.481 e. The van der Waals surface area contributed by atoms with E-state index in [0.29, 0.717) is 11.8 Å². The number of ether oxygens (including phenoxy) is 1. The number of benzene rings is 1. The average Bonchev–Trinajstić information content (AvgIpc) is 2.88. The zero-order valence-corrected chi connectivity index (χ0v) is 12.8. The van der Waals surface area contributed by atoms with E-state index < -0.39 is 5.97 Å². The molecule has 0 spiro atoms. The third-order valence-corrected chi connectivity index (χ3v) is 3.73. The number of thioether (sulfide) groups is 1. The Morgan fingerprint density at radius 2 is 2.24 bits per heavy atom. The van der Waals surface area contributed by atoms with Gasteiger partial charge in [0.2, 0.25) is 0 Å². The Balaban J connectivity index is 2.38. The van der Waals surface area contributed by atoms with Crippen LogP contribution in [0.2, 0.25) is 0 Å². The van der Waals surface area contributed by atoms with Gasteiger partial charge in [-0.3, -0.25) is 9.36 Å². The molecule has 0 unspecified atom stereocenters. The normalized spacial score (nSPS) is 10.8. The minimum absolute atomic E-state index is 0.0421. The first-order valence-electron chi connectivity index (χ1n) is 6.52. The lowest BCUT2D eigenvalue weighted by atomic mass is 10.2. The van der Waals surface area contributed by atoms with Crippen LogP contribution < -0.4 is 0 Å². The summed E-state index contributed by atoms with van der Waals surface area (Å²) >= 11 is 1.16. The van der Waals surface area contributed by atoms with Gasteiger partial charge in [0.05, 0.1) is 12.4 Å². The Morgan fingerprint density at radius 3 is 2.90 bits per heavy atom. The molecular weight excluding hydrogens is 290 g/mol. The van der Waals surface area contributed by atoms with E-state index in [9.17, 15) is 4.79 Å². The van der Waals surface area contributed by atoms with Crippen LogP contribution in [0.25, 0.3) is 5.69 Å². The molecule has 1 aromatic carbocycles. The quantitative estimate of drug-likeness (QED) is 0.790. The van der Waals surface area contributed by atoms with Gasteiger partial charge in [-0.15, -0.1) is 10.2 Å². The van der Waals surface area contributed by atoms with Crippen LogP contribution in [-0.4, -0.2) is 38.7 Å². The van der Waals surface area contributed by atoms with Crippen molar-refractivity contribution in [3.63, 3.8) is 0 Å². The number of nitrogens with zero attached hydrogens (tertiary/aromatic N) is 3. The van der Waals surface area contributed by atoms with Crippen LogP contribution in [0.1, 0.15) is 18.3 Å². The first-order chi connectivity index (χ1) is 10.2. The molecule has 6 nitrogen and oxygen atoms in total. The molecule has 0 aliphatic rings. The summed E-state index contributed by atoms with van der Waals surface area (Å²) in [6, 6.07) is 7.87. The lowest BCUT2D eigenvalue weighted by Crippen LogP contribution is -2.05. The molecule has 0 atom stereocenters. The van der Waals surface area contributed by atoms with E-state index in [0.717, 1.165) is 35.3 Å². The number of carboxylic acids is 1. The molecule has 2 rings (SSSR count). The molecule has 1 aromatic heterocycles. The summed E-state index contributed by atoms with van der Waals surface area (Å²) in [7, 11) is 1.65. The average molecular weight is 307 g/mol. The van der Waals surface area contributed by atoms with Gasteiger partial charge < -0.3 is 9.84 Å². The summed E-state index contributed by atoms with van der Waals surface area (Å²) < 4.78 is 7.04. The molecule has 0 fully saturated rings. The predicted octanol–water partition coefficient (Wildman–Crippen LogP) is 2.15. The molecular formula is C14H17N3O3S. The predicted molar refractivity (Wildman–Crippen MR) is 79.8 cm³/mol. The summed E-state index contributed by atoms with van der Waals surface area (Å²) in [6.45, 7) is 2.51. The van der Waals surface area contributed by atoms with Crippen LogP contribution in [0.4, 0.5) is 0 Å². The van der Waals surface area contributed by atoms with Crippen molar-refractivity contribution in [3.05, 3.63) is 35.7 Å². The lowest BCUT2D eigenvalue weighted by Gasteiger charge is -2.10. The highest BCUT2D eigenvalue weighted by Gasteiger charge is 2.14. The maximum absolute atomic E-state index is 10.7. The number of hydrogen-bond donors (Lipinski definition) is 1. The second kappa shape index (κ2) is 7.24. The van der Waals surface area contributed by atoms with Crippen LogP contribution in [0.5, 0.6) is 0 Å². The maximum Gasteiger partial charge on any atom is 0.313 e. The third-order valence-electron chi connectivity index (χ3n) is 2.82. The van der Waals surface area contributed by atoms with Crippen LogP contribution >= 0.6 is 11.8 Å². The van der Waals surface area contributed by atoms with Crippen molar-refractivity contribution in [2.75, 3.05) is 12.9 Å². The van der Waals surface area contributed by atoms with Crippen LogP contribution in [-0.2, 0) is 22.6 Å². The molecule has 0 amide bonds. The Bertz CT molecular complexity index is 628. The smallest absolute Gasteiger partial charge is 0.313 e. The van der Waals surface area contributed by atoms with E-state index >= 15 is 0 Å². The molecule has 0 radical (unpaired) electrons. The van der Waals surface area contributed by atoms with Gasteiger partial charge in [0.15, 0.2) is 5.16 Å².